The maximum absolute atomic E-state index is 13.1. The van der Waals surface area contributed by atoms with Crippen molar-refractivity contribution in [1.29, 1.82) is 0 Å². The fourth-order valence-corrected chi connectivity index (χ4v) is 3.52. The average Bonchev–Trinajstić information content (AvgIpc) is 2.90. The number of carbonyl (C=O) groups is 2. The van der Waals surface area contributed by atoms with E-state index >= 15 is 0 Å². The highest BCUT2D eigenvalue weighted by atomic mass is 16.5. The van der Waals surface area contributed by atoms with Gasteiger partial charge < -0.3 is 9.84 Å². The van der Waals surface area contributed by atoms with Crippen molar-refractivity contribution in [3.63, 3.8) is 0 Å². The van der Waals surface area contributed by atoms with Gasteiger partial charge in [0.2, 0.25) is 5.60 Å². The zero-order chi connectivity index (χ0) is 18.5. The summed E-state index contributed by atoms with van der Waals surface area (Å²) in [4.78, 5) is 26.9. The van der Waals surface area contributed by atoms with Gasteiger partial charge in [-0.2, -0.15) is 0 Å². The normalized spacial score (nSPS) is 18.9. The standard InChI is InChI=1S/C21H17NO4/c1-13(23)21(25)19-17-12-16(26-2)10-8-14(17)9-11-18(19)22(20(21)24)15-6-4-3-5-7-15/h3-12,25H,1-2H3. The fraction of sp³-hybridized carbons (Fsp3) is 0.143. The van der Waals surface area contributed by atoms with Gasteiger partial charge in [0.15, 0.2) is 5.78 Å². The average molecular weight is 347 g/mol. The van der Waals surface area contributed by atoms with E-state index in [9.17, 15) is 14.7 Å². The highest BCUT2D eigenvalue weighted by Gasteiger charge is 2.54. The van der Waals surface area contributed by atoms with E-state index in [1.807, 2.05) is 18.2 Å². The van der Waals surface area contributed by atoms with Crippen LogP contribution < -0.4 is 9.64 Å². The number of nitrogens with zero attached hydrogens (tertiary/aromatic N) is 1. The van der Waals surface area contributed by atoms with Gasteiger partial charge in [-0.1, -0.05) is 30.3 Å². The van der Waals surface area contributed by atoms with Crippen LogP contribution in [0.1, 0.15) is 12.5 Å². The number of ketones is 1. The maximum Gasteiger partial charge on any atom is 0.276 e. The number of hydrogen-bond donors (Lipinski definition) is 1. The van der Waals surface area contributed by atoms with Crippen molar-refractivity contribution >= 4 is 33.8 Å². The molecule has 5 nitrogen and oxygen atoms in total. The third-order valence-electron chi connectivity index (χ3n) is 4.85. The summed E-state index contributed by atoms with van der Waals surface area (Å²) >= 11 is 0. The number of carbonyl (C=O) groups excluding carboxylic acids is 2. The van der Waals surface area contributed by atoms with Crippen LogP contribution in [0.2, 0.25) is 0 Å². The van der Waals surface area contributed by atoms with Crippen molar-refractivity contribution in [3.05, 3.63) is 66.2 Å². The molecule has 1 heterocycles. The lowest BCUT2D eigenvalue weighted by Gasteiger charge is -2.21. The number of para-hydroxylation sites is 1. The number of aliphatic hydroxyl groups is 1. The van der Waals surface area contributed by atoms with Crippen molar-refractivity contribution in [1.82, 2.24) is 0 Å². The van der Waals surface area contributed by atoms with Crippen LogP contribution in [-0.4, -0.2) is 23.9 Å². The Labute approximate surface area is 150 Å². The molecule has 0 saturated carbocycles. The second-order valence-electron chi connectivity index (χ2n) is 6.29. The Balaban J connectivity index is 2.09. The minimum atomic E-state index is -2.23. The van der Waals surface area contributed by atoms with E-state index in [1.54, 1.807) is 49.6 Å². The predicted molar refractivity (Wildman–Crippen MR) is 98.7 cm³/mol. The third-order valence-corrected chi connectivity index (χ3v) is 4.85. The highest BCUT2D eigenvalue weighted by Crippen LogP contribution is 2.48. The van der Waals surface area contributed by atoms with Crippen LogP contribution >= 0.6 is 0 Å². The van der Waals surface area contributed by atoms with Crippen LogP contribution in [0, 0.1) is 0 Å². The molecule has 26 heavy (non-hydrogen) atoms. The Kier molecular flexibility index (Phi) is 3.56. The SMILES string of the molecule is COc1ccc2ccc3c(c2c1)C(O)(C(C)=O)C(=O)N3c1ccccc1. The number of rotatable bonds is 3. The molecule has 3 aromatic carbocycles. The molecule has 1 aliphatic rings. The zero-order valence-electron chi connectivity index (χ0n) is 14.4. The molecule has 1 aliphatic heterocycles. The lowest BCUT2D eigenvalue weighted by Crippen LogP contribution is -2.43. The minimum absolute atomic E-state index is 0.301. The van der Waals surface area contributed by atoms with Crippen LogP contribution in [0.3, 0.4) is 0 Å². The summed E-state index contributed by atoms with van der Waals surface area (Å²) in [6, 6.07) is 18.0. The summed E-state index contributed by atoms with van der Waals surface area (Å²) in [7, 11) is 1.54. The van der Waals surface area contributed by atoms with E-state index in [1.165, 1.54) is 11.8 Å². The molecule has 0 radical (unpaired) electrons. The quantitative estimate of drug-likeness (QED) is 0.738. The zero-order valence-corrected chi connectivity index (χ0v) is 14.4. The molecule has 0 spiro atoms. The maximum atomic E-state index is 13.1. The molecular formula is C21H17NO4. The van der Waals surface area contributed by atoms with E-state index in [4.69, 9.17) is 4.74 Å². The number of benzene rings is 3. The molecule has 5 heteroatoms. The van der Waals surface area contributed by atoms with Gasteiger partial charge >= 0.3 is 0 Å². The van der Waals surface area contributed by atoms with Crippen LogP contribution in [0.4, 0.5) is 11.4 Å². The first kappa shape index (κ1) is 16.3. The Bertz CT molecular complexity index is 1040. The first-order valence-corrected chi connectivity index (χ1v) is 8.22. The van der Waals surface area contributed by atoms with Gasteiger partial charge in [0.25, 0.3) is 5.91 Å². The molecule has 0 saturated heterocycles. The van der Waals surface area contributed by atoms with Crippen LogP contribution in [0.5, 0.6) is 5.75 Å². The third kappa shape index (κ3) is 2.07. The topological polar surface area (TPSA) is 66.8 Å². The van der Waals surface area contributed by atoms with Crippen molar-refractivity contribution in [2.75, 3.05) is 12.0 Å². The molecule has 4 rings (SSSR count). The molecule has 130 valence electrons. The molecule has 1 amide bonds. The fourth-order valence-electron chi connectivity index (χ4n) is 3.52. The molecule has 1 unspecified atom stereocenters. The number of fused-ring (bicyclic) bond motifs is 3. The van der Waals surface area contributed by atoms with Crippen LogP contribution in [0.15, 0.2) is 60.7 Å². The molecule has 3 aromatic rings. The molecule has 1 atom stereocenters. The largest absolute Gasteiger partial charge is 0.497 e. The summed E-state index contributed by atoms with van der Waals surface area (Å²) in [5, 5.41) is 12.6. The van der Waals surface area contributed by atoms with E-state index in [0.29, 0.717) is 28.1 Å². The first-order valence-electron chi connectivity index (χ1n) is 8.22. The van der Waals surface area contributed by atoms with Crippen molar-refractivity contribution < 1.29 is 19.4 Å². The highest BCUT2D eigenvalue weighted by molar-refractivity contribution is 6.25. The second kappa shape index (κ2) is 5.68. The number of anilines is 2. The summed E-state index contributed by atoms with van der Waals surface area (Å²) < 4.78 is 5.28. The van der Waals surface area contributed by atoms with Gasteiger partial charge in [0.1, 0.15) is 5.75 Å². The molecule has 0 bridgehead atoms. The van der Waals surface area contributed by atoms with Crippen LogP contribution in [-0.2, 0) is 15.2 Å². The van der Waals surface area contributed by atoms with Gasteiger partial charge in [-0.3, -0.25) is 14.5 Å². The summed E-state index contributed by atoms with van der Waals surface area (Å²) in [6.45, 7) is 1.23. The molecule has 0 aromatic heterocycles. The number of hydrogen-bond acceptors (Lipinski definition) is 4. The summed E-state index contributed by atoms with van der Waals surface area (Å²) in [5.74, 6) is -0.693. The van der Waals surface area contributed by atoms with E-state index in [2.05, 4.69) is 0 Å². The Morgan fingerprint density at radius 2 is 1.77 bits per heavy atom. The van der Waals surface area contributed by atoms with Crippen molar-refractivity contribution in [2.24, 2.45) is 0 Å². The van der Waals surface area contributed by atoms with E-state index < -0.39 is 17.3 Å². The lowest BCUT2D eigenvalue weighted by molar-refractivity contribution is -0.148. The molecule has 0 aliphatic carbocycles. The Morgan fingerprint density at radius 3 is 2.42 bits per heavy atom. The van der Waals surface area contributed by atoms with E-state index in [0.717, 1.165) is 5.39 Å². The molecule has 0 fully saturated rings. The summed E-state index contributed by atoms with van der Waals surface area (Å²) in [5.41, 5.74) is -0.829. The van der Waals surface area contributed by atoms with Gasteiger partial charge in [0.05, 0.1) is 12.8 Å². The number of Topliss-reactive ketones (excluding diaryl/α,β-unsaturated/α-hetero) is 1. The predicted octanol–water partition coefficient (Wildman–Crippen LogP) is 3.30. The van der Waals surface area contributed by atoms with Gasteiger partial charge in [-0.15, -0.1) is 0 Å². The Morgan fingerprint density at radius 1 is 1.08 bits per heavy atom. The van der Waals surface area contributed by atoms with Crippen LogP contribution in [0.25, 0.3) is 10.8 Å². The van der Waals surface area contributed by atoms with E-state index in [-0.39, 0.29) is 0 Å². The lowest BCUT2D eigenvalue weighted by atomic mass is 9.87. The van der Waals surface area contributed by atoms with Gasteiger partial charge in [-0.05, 0) is 48.0 Å². The number of amides is 1. The summed E-state index contributed by atoms with van der Waals surface area (Å²) in [6.07, 6.45) is 0. The van der Waals surface area contributed by atoms with Gasteiger partial charge in [0, 0.05) is 11.3 Å². The smallest absolute Gasteiger partial charge is 0.276 e. The van der Waals surface area contributed by atoms with Gasteiger partial charge in [-0.25, -0.2) is 0 Å². The molecule has 1 N–H and O–H groups in total. The number of ether oxygens (including phenoxy) is 1. The second-order valence-corrected chi connectivity index (χ2v) is 6.29. The monoisotopic (exact) mass is 347 g/mol. The van der Waals surface area contributed by atoms with Crippen molar-refractivity contribution in [2.45, 2.75) is 12.5 Å². The Hall–Kier alpha value is -3.18. The molecular weight excluding hydrogens is 330 g/mol. The first-order chi connectivity index (χ1) is 12.5. The van der Waals surface area contributed by atoms with Crippen molar-refractivity contribution in [3.8, 4) is 5.75 Å². The number of methoxy groups -OCH3 is 1. The minimum Gasteiger partial charge on any atom is -0.497 e.